The molecular formula is C9H10BrNO2. The van der Waals surface area contributed by atoms with E-state index in [0.29, 0.717) is 16.3 Å². The van der Waals surface area contributed by atoms with Crippen LogP contribution in [-0.2, 0) is 0 Å². The molecule has 1 saturated heterocycles. The number of likely N-dealkylation sites (tertiary alicyclic amines) is 1. The lowest BCUT2D eigenvalue weighted by molar-refractivity contribution is 0.0496. The fourth-order valence-corrected chi connectivity index (χ4v) is 1.76. The Morgan fingerprint density at radius 1 is 1.62 bits per heavy atom. The number of furan rings is 1. The van der Waals surface area contributed by atoms with Crippen molar-refractivity contribution in [3.8, 4) is 0 Å². The van der Waals surface area contributed by atoms with Crippen molar-refractivity contribution in [2.45, 2.75) is 6.92 Å². The monoisotopic (exact) mass is 243 g/mol. The summed E-state index contributed by atoms with van der Waals surface area (Å²) in [5.74, 6) is 1.03. The smallest absolute Gasteiger partial charge is 0.289 e. The van der Waals surface area contributed by atoms with Crippen molar-refractivity contribution in [1.82, 2.24) is 4.90 Å². The SMILES string of the molecule is CC1CN(C(=O)c2ccc(Br)o2)C1. The first-order chi connectivity index (χ1) is 6.16. The summed E-state index contributed by atoms with van der Waals surface area (Å²) in [7, 11) is 0. The first kappa shape index (κ1) is 8.81. The summed E-state index contributed by atoms with van der Waals surface area (Å²) in [6.45, 7) is 3.82. The van der Waals surface area contributed by atoms with Gasteiger partial charge in [-0.1, -0.05) is 6.92 Å². The third kappa shape index (κ3) is 1.63. The minimum Gasteiger partial charge on any atom is -0.444 e. The van der Waals surface area contributed by atoms with Gasteiger partial charge < -0.3 is 9.32 Å². The number of carbonyl (C=O) groups excluding carboxylic acids is 1. The Morgan fingerprint density at radius 3 is 2.77 bits per heavy atom. The quantitative estimate of drug-likeness (QED) is 0.758. The fraction of sp³-hybridized carbons (Fsp3) is 0.444. The maximum absolute atomic E-state index is 11.6. The fourth-order valence-electron chi connectivity index (χ4n) is 1.45. The van der Waals surface area contributed by atoms with Crippen molar-refractivity contribution >= 4 is 21.8 Å². The average molecular weight is 244 g/mol. The third-order valence-electron chi connectivity index (χ3n) is 2.14. The van der Waals surface area contributed by atoms with Crippen molar-refractivity contribution in [2.75, 3.05) is 13.1 Å². The van der Waals surface area contributed by atoms with Crippen LogP contribution in [0.3, 0.4) is 0 Å². The van der Waals surface area contributed by atoms with Gasteiger partial charge in [-0.3, -0.25) is 4.79 Å². The predicted molar refractivity (Wildman–Crippen MR) is 51.5 cm³/mol. The highest BCUT2D eigenvalue weighted by atomic mass is 79.9. The number of carbonyl (C=O) groups is 1. The van der Waals surface area contributed by atoms with E-state index in [1.807, 2.05) is 0 Å². The van der Waals surface area contributed by atoms with Crippen LogP contribution in [0.15, 0.2) is 21.2 Å². The molecule has 1 aromatic rings. The molecule has 1 amide bonds. The molecule has 0 N–H and O–H groups in total. The van der Waals surface area contributed by atoms with Crippen LogP contribution in [0.4, 0.5) is 0 Å². The lowest BCUT2D eigenvalue weighted by Crippen LogP contribution is -2.48. The summed E-state index contributed by atoms with van der Waals surface area (Å²) in [5.41, 5.74) is 0. The zero-order chi connectivity index (χ0) is 9.42. The molecule has 0 aliphatic carbocycles. The Bertz CT molecular complexity index is 328. The summed E-state index contributed by atoms with van der Waals surface area (Å²) >= 11 is 3.16. The van der Waals surface area contributed by atoms with Gasteiger partial charge in [-0.25, -0.2) is 0 Å². The topological polar surface area (TPSA) is 33.5 Å². The molecule has 2 rings (SSSR count). The van der Waals surface area contributed by atoms with Gasteiger partial charge >= 0.3 is 0 Å². The molecular weight excluding hydrogens is 234 g/mol. The van der Waals surface area contributed by atoms with E-state index in [4.69, 9.17) is 4.42 Å². The van der Waals surface area contributed by atoms with Gasteiger partial charge in [-0.15, -0.1) is 0 Å². The number of rotatable bonds is 1. The standard InChI is InChI=1S/C9H10BrNO2/c1-6-4-11(5-6)9(12)7-2-3-8(10)13-7/h2-3,6H,4-5H2,1H3. The first-order valence-electron chi connectivity index (χ1n) is 4.21. The molecule has 1 fully saturated rings. The number of halogens is 1. The van der Waals surface area contributed by atoms with E-state index < -0.39 is 0 Å². The molecule has 0 aromatic carbocycles. The Labute approximate surface area is 84.8 Å². The van der Waals surface area contributed by atoms with Crippen LogP contribution in [0.1, 0.15) is 17.5 Å². The van der Waals surface area contributed by atoms with Gasteiger partial charge in [-0.05, 0) is 34.0 Å². The lowest BCUT2D eigenvalue weighted by Gasteiger charge is -2.36. The van der Waals surface area contributed by atoms with Gasteiger partial charge in [-0.2, -0.15) is 0 Å². The molecule has 0 unspecified atom stereocenters. The summed E-state index contributed by atoms with van der Waals surface area (Å²) in [5, 5.41) is 0. The van der Waals surface area contributed by atoms with Gasteiger partial charge in [0.15, 0.2) is 10.4 Å². The second-order valence-electron chi connectivity index (χ2n) is 3.42. The highest BCUT2D eigenvalue weighted by Crippen LogP contribution is 2.20. The average Bonchev–Trinajstić information content (AvgIpc) is 2.45. The maximum atomic E-state index is 11.6. The molecule has 1 aromatic heterocycles. The van der Waals surface area contributed by atoms with Crippen LogP contribution < -0.4 is 0 Å². The summed E-state index contributed by atoms with van der Waals surface area (Å²) in [6, 6.07) is 3.42. The predicted octanol–water partition coefficient (Wildman–Crippen LogP) is 2.13. The van der Waals surface area contributed by atoms with Crippen LogP contribution >= 0.6 is 15.9 Å². The van der Waals surface area contributed by atoms with E-state index in [-0.39, 0.29) is 5.91 Å². The maximum Gasteiger partial charge on any atom is 0.289 e. The van der Waals surface area contributed by atoms with Crippen molar-refractivity contribution in [3.63, 3.8) is 0 Å². The Hall–Kier alpha value is -0.770. The van der Waals surface area contributed by atoms with Gasteiger partial charge in [0.2, 0.25) is 0 Å². The summed E-state index contributed by atoms with van der Waals surface area (Å²) in [4.78, 5) is 13.4. The molecule has 13 heavy (non-hydrogen) atoms. The Balaban J connectivity index is 2.06. The van der Waals surface area contributed by atoms with E-state index >= 15 is 0 Å². The molecule has 0 bridgehead atoms. The third-order valence-corrected chi connectivity index (χ3v) is 2.56. The van der Waals surface area contributed by atoms with E-state index in [1.165, 1.54) is 0 Å². The van der Waals surface area contributed by atoms with E-state index in [1.54, 1.807) is 17.0 Å². The van der Waals surface area contributed by atoms with Crippen LogP contribution in [0.2, 0.25) is 0 Å². The van der Waals surface area contributed by atoms with Gasteiger partial charge in [0.05, 0.1) is 0 Å². The molecule has 4 heteroatoms. The molecule has 2 heterocycles. The molecule has 3 nitrogen and oxygen atoms in total. The van der Waals surface area contributed by atoms with E-state index in [2.05, 4.69) is 22.9 Å². The van der Waals surface area contributed by atoms with Gasteiger partial charge in [0.25, 0.3) is 5.91 Å². The number of amides is 1. The summed E-state index contributed by atoms with van der Waals surface area (Å²) < 4.78 is 5.76. The molecule has 70 valence electrons. The molecule has 1 aliphatic rings. The second-order valence-corrected chi connectivity index (χ2v) is 4.20. The molecule has 1 aliphatic heterocycles. The van der Waals surface area contributed by atoms with E-state index in [0.717, 1.165) is 13.1 Å². The lowest BCUT2D eigenvalue weighted by atomic mass is 10.0. The Morgan fingerprint density at radius 2 is 2.31 bits per heavy atom. The number of hydrogen-bond acceptors (Lipinski definition) is 2. The zero-order valence-corrected chi connectivity index (χ0v) is 8.87. The highest BCUT2D eigenvalue weighted by molar-refractivity contribution is 9.10. The van der Waals surface area contributed by atoms with Crippen molar-refractivity contribution in [2.24, 2.45) is 5.92 Å². The van der Waals surface area contributed by atoms with Crippen LogP contribution in [0, 0.1) is 5.92 Å². The van der Waals surface area contributed by atoms with Crippen LogP contribution in [0.25, 0.3) is 0 Å². The minimum atomic E-state index is -0.0104. The van der Waals surface area contributed by atoms with Gasteiger partial charge in [0, 0.05) is 13.1 Å². The van der Waals surface area contributed by atoms with Crippen LogP contribution in [0.5, 0.6) is 0 Å². The Kier molecular flexibility index (Phi) is 2.15. The highest BCUT2D eigenvalue weighted by Gasteiger charge is 2.29. The van der Waals surface area contributed by atoms with E-state index in [9.17, 15) is 4.79 Å². The largest absolute Gasteiger partial charge is 0.444 e. The van der Waals surface area contributed by atoms with Gasteiger partial charge in [0.1, 0.15) is 0 Å². The molecule has 0 atom stereocenters. The number of nitrogens with zero attached hydrogens (tertiary/aromatic N) is 1. The first-order valence-corrected chi connectivity index (χ1v) is 5.00. The van der Waals surface area contributed by atoms with Crippen LogP contribution in [-0.4, -0.2) is 23.9 Å². The minimum absolute atomic E-state index is 0.0104. The number of hydrogen-bond donors (Lipinski definition) is 0. The zero-order valence-electron chi connectivity index (χ0n) is 7.29. The molecule has 0 radical (unpaired) electrons. The second kappa shape index (κ2) is 3.18. The van der Waals surface area contributed by atoms with Crippen molar-refractivity contribution in [1.29, 1.82) is 0 Å². The van der Waals surface area contributed by atoms with Crippen molar-refractivity contribution < 1.29 is 9.21 Å². The van der Waals surface area contributed by atoms with Crippen molar-refractivity contribution in [3.05, 3.63) is 22.6 Å². The summed E-state index contributed by atoms with van der Waals surface area (Å²) in [6.07, 6.45) is 0. The molecule has 0 saturated carbocycles. The normalized spacial score (nSPS) is 17.2. The molecule has 0 spiro atoms.